The molecule has 0 unspecified atom stereocenters. The van der Waals surface area contributed by atoms with Crippen LogP contribution in [0.4, 0.5) is 11.4 Å². The minimum Gasteiger partial charge on any atom is -0.364 e. The van der Waals surface area contributed by atoms with Crippen LogP contribution in [0.3, 0.4) is 0 Å². The summed E-state index contributed by atoms with van der Waals surface area (Å²) < 4.78 is 27.8. The zero-order valence-electron chi connectivity index (χ0n) is 16.0. The van der Waals surface area contributed by atoms with E-state index in [-0.39, 0.29) is 21.8 Å². The molecule has 0 atom stereocenters. The van der Waals surface area contributed by atoms with Gasteiger partial charge in [0.1, 0.15) is 0 Å². The zero-order valence-corrected chi connectivity index (χ0v) is 16.9. The third-order valence-corrected chi connectivity index (χ3v) is 6.76. The van der Waals surface area contributed by atoms with E-state index in [0.29, 0.717) is 24.3 Å². The SMILES string of the molecule is Cc1[nH]nc(C(N)=O)c1NC(=O)c1cccc(S(=O)(=O)N2CCc3ccccc32)c1. The molecule has 30 heavy (non-hydrogen) atoms. The molecule has 3 aromatic rings. The highest BCUT2D eigenvalue weighted by atomic mass is 32.2. The summed E-state index contributed by atoms with van der Waals surface area (Å²) in [6.45, 7) is 1.97. The number of nitrogens with zero attached hydrogens (tertiary/aromatic N) is 2. The molecule has 9 nitrogen and oxygen atoms in total. The first kappa shape index (κ1) is 19.6. The largest absolute Gasteiger partial charge is 0.364 e. The Hall–Kier alpha value is -3.66. The van der Waals surface area contributed by atoms with E-state index in [9.17, 15) is 18.0 Å². The van der Waals surface area contributed by atoms with Crippen LogP contribution in [0.2, 0.25) is 0 Å². The number of aromatic nitrogens is 2. The zero-order chi connectivity index (χ0) is 21.5. The lowest BCUT2D eigenvalue weighted by molar-refractivity contribution is 0.0996. The summed E-state index contributed by atoms with van der Waals surface area (Å²) in [6, 6.07) is 13.1. The van der Waals surface area contributed by atoms with E-state index >= 15 is 0 Å². The number of primary amides is 1. The lowest BCUT2D eigenvalue weighted by Crippen LogP contribution is -2.29. The molecule has 4 rings (SSSR count). The summed E-state index contributed by atoms with van der Waals surface area (Å²) in [5.74, 6) is -1.38. The second-order valence-corrected chi connectivity index (χ2v) is 8.74. The summed E-state index contributed by atoms with van der Waals surface area (Å²) in [5.41, 5.74) is 7.52. The van der Waals surface area contributed by atoms with E-state index in [1.807, 2.05) is 12.1 Å². The Bertz CT molecular complexity index is 1270. The number of nitrogens with one attached hydrogen (secondary N) is 2. The van der Waals surface area contributed by atoms with E-state index in [4.69, 9.17) is 5.73 Å². The highest BCUT2D eigenvalue weighted by Gasteiger charge is 2.31. The molecule has 0 saturated carbocycles. The number of aryl methyl sites for hydroxylation is 1. The van der Waals surface area contributed by atoms with Crippen molar-refractivity contribution in [1.29, 1.82) is 0 Å². The first-order valence-electron chi connectivity index (χ1n) is 9.16. The predicted molar refractivity (Wildman–Crippen MR) is 111 cm³/mol. The van der Waals surface area contributed by atoms with Gasteiger partial charge in [0.25, 0.3) is 21.8 Å². The number of sulfonamides is 1. The molecule has 0 radical (unpaired) electrons. The fourth-order valence-electron chi connectivity index (χ4n) is 3.43. The van der Waals surface area contributed by atoms with E-state index in [2.05, 4.69) is 15.5 Å². The van der Waals surface area contributed by atoms with Crippen LogP contribution in [0.15, 0.2) is 53.4 Å². The van der Waals surface area contributed by atoms with Gasteiger partial charge < -0.3 is 11.1 Å². The maximum absolute atomic E-state index is 13.2. The van der Waals surface area contributed by atoms with E-state index in [1.165, 1.54) is 28.6 Å². The van der Waals surface area contributed by atoms with Gasteiger partial charge in [-0.3, -0.25) is 19.0 Å². The molecule has 1 aliphatic rings. The lowest BCUT2D eigenvalue weighted by Gasteiger charge is -2.20. The normalized spacial score (nSPS) is 13.2. The smallest absolute Gasteiger partial charge is 0.271 e. The Kier molecular flexibility index (Phi) is 4.78. The van der Waals surface area contributed by atoms with Crippen molar-refractivity contribution < 1.29 is 18.0 Å². The number of carbonyl (C=O) groups excluding carboxylic acids is 2. The third kappa shape index (κ3) is 3.30. The van der Waals surface area contributed by atoms with Gasteiger partial charge in [0, 0.05) is 12.1 Å². The molecule has 2 aromatic carbocycles. The minimum atomic E-state index is -3.84. The fraction of sp³-hybridized carbons (Fsp3) is 0.150. The van der Waals surface area contributed by atoms with Crippen molar-refractivity contribution in [3.05, 3.63) is 71.0 Å². The first-order chi connectivity index (χ1) is 14.3. The lowest BCUT2D eigenvalue weighted by atomic mass is 10.2. The molecule has 0 fully saturated rings. The molecule has 0 spiro atoms. The van der Waals surface area contributed by atoms with E-state index in [0.717, 1.165) is 5.56 Å². The summed E-state index contributed by atoms with van der Waals surface area (Å²) in [6.07, 6.45) is 0.630. The minimum absolute atomic E-state index is 0.00546. The van der Waals surface area contributed by atoms with Gasteiger partial charge >= 0.3 is 0 Å². The molecule has 2 amide bonds. The van der Waals surface area contributed by atoms with Gasteiger partial charge in [-0.05, 0) is 43.2 Å². The van der Waals surface area contributed by atoms with Crippen molar-refractivity contribution in [2.24, 2.45) is 5.73 Å². The topological polar surface area (TPSA) is 138 Å². The van der Waals surface area contributed by atoms with Crippen molar-refractivity contribution >= 4 is 33.2 Å². The monoisotopic (exact) mass is 425 g/mol. The van der Waals surface area contributed by atoms with E-state index in [1.54, 1.807) is 19.1 Å². The Morgan fingerprint density at radius 3 is 2.70 bits per heavy atom. The second kappa shape index (κ2) is 7.30. The average molecular weight is 425 g/mol. The van der Waals surface area contributed by atoms with Gasteiger partial charge in [-0.25, -0.2) is 8.42 Å². The van der Waals surface area contributed by atoms with E-state index < -0.39 is 21.8 Å². The number of carbonyl (C=O) groups is 2. The number of nitrogens with two attached hydrogens (primary N) is 1. The van der Waals surface area contributed by atoms with Gasteiger partial charge in [-0.15, -0.1) is 0 Å². The maximum atomic E-state index is 13.2. The predicted octanol–water partition coefficient (Wildman–Crippen LogP) is 1.82. The van der Waals surface area contributed by atoms with Crippen LogP contribution in [-0.2, 0) is 16.4 Å². The van der Waals surface area contributed by atoms with Gasteiger partial charge in [0.2, 0.25) is 0 Å². The van der Waals surface area contributed by atoms with Gasteiger partial charge in [-0.1, -0.05) is 24.3 Å². The number of rotatable bonds is 5. The summed E-state index contributed by atoms with van der Waals surface area (Å²) in [7, 11) is -3.84. The molecule has 4 N–H and O–H groups in total. The average Bonchev–Trinajstić information content (AvgIpc) is 3.32. The van der Waals surface area contributed by atoms with Crippen LogP contribution in [0, 0.1) is 6.92 Å². The number of anilines is 2. The molecule has 0 saturated heterocycles. The molecule has 0 aliphatic carbocycles. The summed E-state index contributed by atoms with van der Waals surface area (Å²) in [4.78, 5) is 24.2. The standard InChI is InChI=1S/C20H19N5O4S/c1-12-17(18(19(21)26)24-23-12)22-20(27)14-6-4-7-15(11-14)30(28,29)25-10-9-13-5-2-3-8-16(13)25/h2-8,11H,9-10H2,1H3,(H2,21,26)(H,22,27)(H,23,24). The quantitative estimate of drug-likeness (QED) is 0.572. The Morgan fingerprint density at radius 1 is 1.17 bits per heavy atom. The van der Waals surface area contributed by atoms with Crippen LogP contribution in [0.5, 0.6) is 0 Å². The van der Waals surface area contributed by atoms with Gasteiger partial charge in [0.05, 0.1) is 22.0 Å². The molecule has 1 aromatic heterocycles. The molecule has 10 heteroatoms. The summed E-state index contributed by atoms with van der Waals surface area (Å²) in [5, 5.41) is 8.94. The molecular formula is C20H19N5O4S. The number of hydrogen-bond donors (Lipinski definition) is 3. The summed E-state index contributed by atoms with van der Waals surface area (Å²) >= 11 is 0. The van der Waals surface area contributed by atoms with Crippen LogP contribution < -0.4 is 15.4 Å². The van der Waals surface area contributed by atoms with Crippen molar-refractivity contribution in [3.8, 4) is 0 Å². The van der Waals surface area contributed by atoms with Crippen molar-refractivity contribution in [2.75, 3.05) is 16.2 Å². The Balaban J connectivity index is 1.64. The van der Waals surface area contributed by atoms with Crippen LogP contribution >= 0.6 is 0 Å². The molecular weight excluding hydrogens is 406 g/mol. The number of amides is 2. The van der Waals surface area contributed by atoms with Gasteiger partial charge in [-0.2, -0.15) is 5.10 Å². The highest BCUT2D eigenvalue weighted by molar-refractivity contribution is 7.92. The fourth-order valence-corrected chi connectivity index (χ4v) is 4.98. The number of benzene rings is 2. The van der Waals surface area contributed by atoms with Crippen LogP contribution in [0.1, 0.15) is 32.1 Å². The molecule has 0 bridgehead atoms. The number of aromatic amines is 1. The number of fused-ring (bicyclic) bond motifs is 1. The highest BCUT2D eigenvalue weighted by Crippen LogP contribution is 2.32. The number of hydrogen-bond acceptors (Lipinski definition) is 5. The third-order valence-electron chi connectivity index (χ3n) is 4.95. The maximum Gasteiger partial charge on any atom is 0.271 e. The molecule has 2 heterocycles. The van der Waals surface area contributed by atoms with Crippen LogP contribution in [0.25, 0.3) is 0 Å². The Labute approximate surface area is 172 Å². The van der Waals surface area contributed by atoms with Crippen molar-refractivity contribution in [1.82, 2.24) is 10.2 Å². The Morgan fingerprint density at radius 2 is 1.93 bits per heavy atom. The second-order valence-electron chi connectivity index (χ2n) is 6.87. The molecule has 154 valence electrons. The first-order valence-corrected chi connectivity index (χ1v) is 10.6. The number of para-hydroxylation sites is 1. The van der Waals surface area contributed by atoms with Gasteiger partial charge in [0.15, 0.2) is 5.69 Å². The van der Waals surface area contributed by atoms with Crippen LogP contribution in [-0.4, -0.2) is 37.0 Å². The number of H-pyrrole nitrogens is 1. The van der Waals surface area contributed by atoms with Crippen molar-refractivity contribution in [2.45, 2.75) is 18.2 Å². The van der Waals surface area contributed by atoms with Crippen molar-refractivity contribution in [3.63, 3.8) is 0 Å². The molecule has 1 aliphatic heterocycles.